The molecule has 1 fully saturated rings. The number of carbonyl (C=O) groups excluding carboxylic acids is 3. The molecule has 40 heavy (non-hydrogen) atoms. The van der Waals surface area contributed by atoms with E-state index in [4.69, 9.17) is 0 Å². The number of likely N-dealkylation sites (tertiary alicyclic amines) is 1. The minimum Gasteiger partial charge on any atom is -0.352 e. The van der Waals surface area contributed by atoms with Gasteiger partial charge in [0.05, 0.1) is 5.56 Å². The van der Waals surface area contributed by atoms with E-state index in [1.54, 1.807) is 36.4 Å². The molecule has 2 N–H and O–H groups in total. The van der Waals surface area contributed by atoms with Crippen molar-refractivity contribution in [1.29, 1.82) is 0 Å². The van der Waals surface area contributed by atoms with E-state index in [1.165, 1.54) is 24.3 Å². The van der Waals surface area contributed by atoms with E-state index in [2.05, 4.69) is 10.6 Å². The van der Waals surface area contributed by atoms with E-state index in [0.29, 0.717) is 24.3 Å². The Labute approximate surface area is 230 Å². The van der Waals surface area contributed by atoms with Crippen LogP contribution in [0.1, 0.15) is 52.2 Å². The molecule has 3 aromatic carbocycles. The third kappa shape index (κ3) is 8.05. The molecular formula is C31H30F3N3O3. The fourth-order valence-electron chi connectivity index (χ4n) is 4.61. The van der Waals surface area contributed by atoms with E-state index in [-0.39, 0.29) is 36.3 Å². The van der Waals surface area contributed by atoms with Crippen molar-refractivity contribution in [2.75, 3.05) is 25.0 Å². The number of piperidine rings is 1. The lowest BCUT2D eigenvalue weighted by Gasteiger charge is -2.32. The predicted octanol–water partition coefficient (Wildman–Crippen LogP) is 5.88. The number of nitrogens with zero attached hydrogens (tertiary/aromatic N) is 1. The van der Waals surface area contributed by atoms with Crippen molar-refractivity contribution in [2.24, 2.45) is 0 Å². The van der Waals surface area contributed by atoms with Crippen molar-refractivity contribution in [2.45, 2.75) is 31.4 Å². The van der Waals surface area contributed by atoms with Crippen LogP contribution in [0.3, 0.4) is 0 Å². The largest absolute Gasteiger partial charge is 0.416 e. The zero-order valence-electron chi connectivity index (χ0n) is 21.8. The molecule has 0 saturated carbocycles. The molecular weight excluding hydrogens is 519 g/mol. The van der Waals surface area contributed by atoms with Crippen molar-refractivity contribution >= 4 is 29.5 Å². The summed E-state index contributed by atoms with van der Waals surface area (Å²) in [7, 11) is 0. The Morgan fingerprint density at radius 2 is 1.60 bits per heavy atom. The van der Waals surface area contributed by atoms with Gasteiger partial charge < -0.3 is 15.5 Å². The second kappa shape index (κ2) is 13.1. The number of nitrogens with one attached hydrogen (secondary N) is 2. The second-order valence-electron chi connectivity index (χ2n) is 9.59. The van der Waals surface area contributed by atoms with Gasteiger partial charge in [0.15, 0.2) is 0 Å². The van der Waals surface area contributed by atoms with E-state index in [1.807, 2.05) is 23.1 Å². The third-order valence-corrected chi connectivity index (χ3v) is 6.80. The lowest BCUT2D eigenvalue weighted by atomic mass is 9.89. The van der Waals surface area contributed by atoms with Crippen LogP contribution in [0, 0.1) is 0 Å². The smallest absolute Gasteiger partial charge is 0.352 e. The van der Waals surface area contributed by atoms with Gasteiger partial charge >= 0.3 is 6.18 Å². The number of benzene rings is 3. The average molecular weight is 550 g/mol. The van der Waals surface area contributed by atoms with E-state index < -0.39 is 17.6 Å². The molecule has 0 spiro atoms. The molecule has 1 aliphatic heterocycles. The summed E-state index contributed by atoms with van der Waals surface area (Å²) in [4.78, 5) is 38.8. The number of hydrogen-bond donors (Lipinski definition) is 2. The first-order valence-electron chi connectivity index (χ1n) is 13.1. The molecule has 0 radical (unpaired) electrons. The number of hydrogen-bond acceptors (Lipinski definition) is 3. The Bertz CT molecular complexity index is 1350. The van der Waals surface area contributed by atoms with Gasteiger partial charge in [-0.2, -0.15) is 13.2 Å². The van der Waals surface area contributed by atoms with Gasteiger partial charge in [0.25, 0.3) is 5.91 Å². The van der Waals surface area contributed by atoms with Crippen LogP contribution < -0.4 is 10.6 Å². The van der Waals surface area contributed by atoms with Gasteiger partial charge in [0, 0.05) is 43.4 Å². The summed E-state index contributed by atoms with van der Waals surface area (Å²) in [5.41, 5.74) is 1.76. The minimum atomic E-state index is -4.44. The van der Waals surface area contributed by atoms with Crippen LogP contribution in [0.15, 0.2) is 84.9 Å². The van der Waals surface area contributed by atoms with Crippen molar-refractivity contribution in [1.82, 2.24) is 10.2 Å². The molecule has 0 atom stereocenters. The van der Waals surface area contributed by atoms with Crippen molar-refractivity contribution in [3.63, 3.8) is 0 Å². The maximum absolute atomic E-state index is 12.9. The summed E-state index contributed by atoms with van der Waals surface area (Å²) in [5, 5.41) is 5.50. The summed E-state index contributed by atoms with van der Waals surface area (Å²) >= 11 is 0. The molecule has 1 heterocycles. The highest BCUT2D eigenvalue weighted by molar-refractivity contribution is 6.02. The summed E-state index contributed by atoms with van der Waals surface area (Å²) in [5.74, 6) is -0.342. The number of amides is 3. The Morgan fingerprint density at radius 1 is 0.900 bits per heavy atom. The maximum atomic E-state index is 12.9. The van der Waals surface area contributed by atoms with Crippen LogP contribution in [0.4, 0.5) is 18.9 Å². The number of carbonyl (C=O) groups is 3. The van der Waals surface area contributed by atoms with Gasteiger partial charge in [-0.25, -0.2) is 0 Å². The lowest BCUT2D eigenvalue weighted by Crippen LogP contribution is -2.39. The Kier molecular flexibility index (Phi) is 9.37. The quantitative estimate of drug-likeness (QED) is 0.345. The molecule has 0 unspecified atom stereocenters. The monoisotopic (exact) mass is 549 g/mol. The molecule has 4 rings (SSSR count). The van der Waals surface area contributed by atoms with Crippen LogP contribution in [-0.4, -0.2) is 42.3 Å². The standard InChI is InChI=1S/C31H30F3N3O3/c32-31(33,34)26-8-4-5-22(21-26)9-14-28(38)36-27-12-10-23(11-13-27)24-16-19-37(20-17-24)29(39)15-18-35-30(40)25-6-2-1-3-7-25/h1-14,21,24H,15-20H2,(H,35,40)(H,36,38)/b14-9+. The highest BCUT2D eigenvalue weighted by atomic mass is 19.4. The number of alkyl halides is 3. The minimum absolute atomic E-state index is 0.0167. The van der Waals surface area contributed by atoms with Gasteiger partial charge in [-0.1, -0.05) is 42.5 Å². The Hall–Kier alpha value is -4.40. The topological polar surface area (TPSA) is 78.5 Å². The Balaban J connectivity index is 1.20. The molecule has 3 aromatic rings. The molecule has 0 aromatic heterocycles. The second-order valence-corrected chi connectivity index (χ2v) is 9.59. The SMILES string of the molecule is O=C(/C=C/c1cccc(C(F)(F)F)c1)Nc1ccc(C2CCN(C(=O)CCNC(=O)c3ccccc3)CC2)cc1. The number of rotatable bonds is 8. The zero-order chi connectivity index (χ0) is 28.5. The van der Waals surface area contributed by atoms with E-state index >= 15 is 0 Å². The summed E-state index contributed by atoms with van der Waals surface area (Å²) in [6, 6.07) is 21.1. The average Bonchev–Trinajstić information content (AvgIpc) is 2.96. The first kappa shape index (κ1) is 28.6. The molecule has 9 heteroatoms. The molecule has 208 valence electrons. The molecule has 0 aliphatic carbocycles. The summed E-state index contributed by atoms with van der Waals surface area (Å²) in [6.07, 6.45) is -0.0306. The molecule has 3 amide bonds. The first-order chi connectivity index (χ1) is 19.2. The molecule has 0 bridgehead atoms. The lowest BCUT2D eigenvalue weighted by molar-refractivity contribution is -0.137. The van der Waals surface area contributed by atoms with Gasteiger partial charge in [0.2, 0.25) is 11.8 Å². The fraction of sp³-hybridized carbons (Fsp3) is 0.258. The zero-order valence-corrected chi connectivity index (χ0v) is 21.8. The van der Waals surface area contributed by atoms with Gasteiger partial charge in [-0.15, -0.1) is 0 Å². The number of anilines is 1. The van der Waals surface area contributed by atoms with Crippen LogP contribution >= 0.6 is 0 Å². The molecule has 1 aliphatic rings. The van der Waals surface area contributed by atoms with Crippen molar-refractivity contribution in [3.8, 4) is 0 Å². The fourth-order valence-corrected chi connectivity index (χ4v) is 4.61. The highest BCUT2D eigenvalue weighted by Crippen LogP contribution is 2.30. The van der Waals surface area contributed by atoms with Crippen LogP contribution in [0.25, 0.3) is 6.08 Å². The first-order valence-corrected chi connectivity index (χ1v) is 13.1. The number of halogens is 3. The normalized spacial score (nSPS) is 14.2. The summed E-state index contributed by atoms with van der Waals surface area (Å²) < 4.78 is 38.6. The van der Waals surface area contributed by atoms with Crippen LogP contribution in [0.2, 0.25) is 0 Å². The molecule has 1 saturated heterocycles. The predicted molar refractivity (Wildman–Crippen MR) is 147 cm³/mol. The van der Waals surface area contributed by atoms with Crippen LogP contribution in [0.5, 0.6) is 0 Å². The Morgan fingerprint density at radius 3 is 2.27 bits per heavy atom. The van der Waals surface area contributed by atoms with E-state index in [9.17, 15) is 27.6 Å². The van der Waals surface area contributed by atoms with Gasteiger partial charge in [-0.3, -0.25) is 14.4 Å². The highest BCUT2D eigenvalue weighted by Gasteiger charge is 2.30. The maximum Gasteiger partial charge on any atom is 0.416 e. The van der Waals surface area contributed by atoms with E-state index in [0.717, 1.165) is 30.5 Å². The summed E-state index contributed by atoms with van der Waals surface area (Å²) in [6.45, 7) is 1.55. The van der Waals surface area contributed by atoms with Gasteiger partial charge in [-0.05, 0) is 72.4 Å². The van der Waals surface area contributed by atoms with Crippen molar-refractivity contribution < 1.29 is 27.6 Å². The third-order valence-electron chi connectivity index (χ3n) is 6.80. The van der Waals surface area contributed by atoms with Gasteiger partial charge in [0.1, 0.15) is 0 Å². The molecule has 6 nitrogen and oxygen atoms in total. The van der Waals surface area contributed by atoms with Crippen molar-refractivity contribution in [3.05, 3.63) is 107 Å². The van der Waals surface area contributed by atoms with Crippen LogP contribution in [-0.2, 0) is 15.8 Å².